The molecule has 0 aliphatic carbocycles. The molecule has 7 heteroatoms. The van der Waals surface area contributed by atoms with Crippen LogP contribution in [0.25, 0.3) is 11.9 Å². The van der Waals surface area contributed by atoms with Crippen molar-refractivity contribution in [3.8, 4) is 5.82 Å². The van der Waals surface area contributed by atoms with Gasteiger partial charge < -0.3 is 9.88 Å². The maximum absolute atomic E-state index is 12.5. The fourth-order valence-electron chi connectivity index (χ4n) is 2.31. The lowest BCUT2D eigenvalue weighted by Crippen LogP contribution is -2.15. The second-order valence-corrected chi connectivity index (χ2v) is 5.35. The molecule has 2 heterocycles. The Morgan fingerprint density at radius 1 is 1.04 bits per heavy atom. The maximum Gasteiger partial charge on any atom is 0.267 e. The summed E-state index contributed by atoms with van der Waals surface area (Å²) in [6.07, 6.45) is 7.90. The molecule has 0 saturated heterocycles. The molecule has 2 amide bonds. The number of carbonyl (C=O) groups is 2. The standard InChI is InChI=1S/C19H16N4O3/c24-18(22-26)10-8-14-5-1-2-6-16(14)21-19(25)15-7-9-17(20-13-15)23-11-3-4-12-23/h1-13,26H,(H,21,25)(H,22,24). The molecule has 0 atom stereocenters. The van der Waals surface area contributed by atoms with E-state index in [-0.39, 0.29) is 5.91 Å². The number of hydrogen-bond acceptors (Lipinski definition) is 4. The van der Waals surface area contributed by atoms with Gasteiger partial charge in [0.2, 0.25) is 0 Å². The molecule has 0 unspecified atom stereocenters. The Hall–Kier alpha value is -3.71. The zero-order chi connectivity index (χ0) is 18.4. The molecule has 0 fully saturated rings. The highest BCUT2D eigenvalue weighted by molar-refractivity contribution is 6.05. The number of benzene rings is 1. The average Bonchev–Trinajstić information content (AvgIpc) is 3.22. The summed E-state index contributed by atoms with van der Waals surface area (Å²) in [5.74, 6) is -0.259. The largest absolute Gasteiger partial charge is 0.321 e. The number of anilines is 1. The molecule has 3 aromatic rings. The van der Waals surface area contributed by atoms with Crippen molar-refractivity contribution in [2.45, 2.75) is 0 Å². The van der Waals surface area contributed by atoms with Gasteiger partial charge in [-0.3, -0.25) is 14.8 Å². The summed E-state index contributed by atoms with van der Waals surface area (Å²) in [5.41, 5.74) is 3.09. The molecular weight excluding hydrogens is 332 g/mol. The van der Waals surface area contributed by atoms with Crippen molar-refractivity contribution in [1.29, 1.82) is 0 Å². The lowest BCUT2D eigenvalue weighted by atomic mass is 10.1. The summed E-state index contributed by atoms with van der Waals surface area (Å²) in [7, 11) is 0. The van der Waals surface area contributed by atoms with Crippen LogP contribution >= 0.6 is 0 Å². The van der Waals surface area contributed by atoms with Crippen LogP contribution in [-0.2, 0) is 4.79 Å². The van der Waals surface area contributed by atoms with Crippen LogP contribution in [0.15, 0.2) is 73.2 Å². The Kier molecular flexibility index (Phi) is 5.21. The topological polar surface area (TPSA) is 96.2 Å². The highest BCUT2D eigenvalue weighted by atomic mass is 16.5. The fraction of sp³-hybridized carbons (Fsp3) is 0. The maximum atomic E-state index is 12.5. The van der Waals surface area contributed by atoms with Gasteiger partial charge >= 0.3 is 0 Å². The van der Waals surface area contributed by atoms with Crippen LogP contribution in [0.2, 0.25) is 0 Å². The predicted molar refractivity (Wildman–Crippen MR) is 96.9 cm³/mol. The van der Waals surface area contributed by atoms with Crippen molar-refractivity contribution in [3.63, 3.8) is 0 Å². The van der Waals surface area contributed by atoms with E-state index < -0.39 is 5.91 Å². The molecule has 2 aromatic heterocycles. The summed E-state index contributed by atoms with van der Waals surface area (Å²) >= 11 is 0. The zero-order valence-corrected chi connectivity index (χ0v) is 13.7. The number of aromatic nitrogens is 2. The minimum Gasteiger partial charge on any atom is -0.321 e. The van der Waals surface area contributed by atoms with Crippen molar-refractivity contribution < 1.29 is 14.8 Å². The first kappa shape index (κ1) is 17.1. The quantitative estimate of drug-likeness (QED) is 0.375. The Bertz CT molecular complexity index is 932. The van der Waals surface area contributed by atoms with Crippen LogP contribution in [0, 0.1) is 0 Å². The summed E-state index contributed by atoms with van der Waals surface area (Å²) in [6.45, 7) is 0. The molecule has 0 saturated carbocycles. The van der Waals surface area contributed by atoms with Gasteiger partial charge in [-0.25, -0.2) is 10.5 Å². The Labute approximate surface area is 149 Å². The summed E-state index contributed by atoms with van der Waals surface area (Å²) in [4.78, 5) is 27.9. The fourth-order valence-corrected chi connectivity index (χ4v) is 2.31. The number of hydrogen-bond donors (Lipinski definition) is 3. The lowest BCUT2D eigenvalue weighted by Gasteiger charge is -2.09. The van der Waals surface area contributed by atoms with Gasteiger partial charge in [-0.05, 0) is 42.0 Å². The second-order valence-electron chi connectivity index (χ2n) is 5.35. The van der Waals surface area contributed by atoms with Crippen molar-refractivity contribution in [2.75, 3.05) is 5.32 Å². The van der Waals surface area contributed by atoms with Crippen LogP contribution in [0.4, 0.5) is 5.69 Å². The number of rotatable bonds is 5. The highest BCUT2D eigenvalue weighted by Crippen LogP contribution is 2.18. The Balaban J connectivity index is 1.76. The van der Waals surface area contributed by atoms with Gasteiger partial charge in [-0.15, -0.1) is 0 Å². The van der Waals surface area contributed by atoms with Gasteiger partial charge in [0, 0.05) is 30.4 Å². The van der Waals surface area contributed by atoms with Crippen LogP contribution < -0.4 is 10.8 Å². The van der Waals surface area contributed by atoms with E-state index in [1.807, 2.05) is 29.1 Å². The van der Waals surface area contributed by atoms with Crippen LogP contribution in [0.3, 0.4) is 0 Å². The molecule has 130 valence electrons. The number of pyridine rings is 1. The van der Waals surface area contributed by atoms with Crippen molar-refractivity contribution in [2.24, 2.45) is 0 Å². The van der Waals surface area contributed by atoms with E-state index in [1.165, 1.54) is 23.8 Å². The monoisotopic (exact) mass is 348 g/mol. The van der Waals surface area contributed by atoms with Crippen molar-refractivity contribution in [1.82, 2.24) is 15.0 Å². The first-order chi connectivity index (χ1) is 12.7. The van der Waals surface area contributed by atoms with E-state index in [9.17, 15) is 9.59 Å². The molecule has 3 rings (SSSR count). The third-order valence-corrected chi connectivity index (χ3v) is 3.61. The number of carbonyl (C=O) groups excluding carboxylic acids is 2. The van der Waals surface area contributed by atoms with E-state index in [0.717, 1.165) is 0 Å². The van der Waals surface area contributed by atoms with Crippen molar-refractivity contribution >= 4 is 23.6 Å². The van der Waals surface area contributed by atoms with Crippen LogP contribution in [-0.4, -0.2) is 26.6 Å². The minimum atomic E-state index is -0.657. The van der Waals surface area contributed by atoms with E-state index in [1.54, 1.807) is 36.4 Å². The van der Waals surface area contributed by atoms with E-state index >= 15 is 0 Å². The predicted octanol–water partition coefficient (Wildman–Crippen LogP) is 2.64. The smallest absolute Gasteiger partial charge is 0.267 e. The Morgan fingerprint density at radius 3 is 2.50 bits per heavy atom. The number of hydroxylamine groups is 1. The average molecular weight is 348 g/mol. The van der Waals surface area contributed by atoms with Crippen LogP contribution in [0.5, 0.6) is 0 Å². The molecular formula is C19H16N4O3. The van der Waals surface area contributed by atoms with E-state index in [0.29, 0.717) is 22.6 Å². The first-order valence-electron chi connectivity index (χ1n) is 7.79. The number of amides is 2. The molecule has 26 heavy (non-hydrogen) atoms. The molecule has 0 bridgehead atoms. The first-order valence-corrected chi connectivity index (χ1v) is 7.79. The van der Waals surface area contributed by atoms with Gasteiger partial charge in [0.15, 0.2) is 0 Å². The molecule has 0 aliphatic heterocycles. The zero-order valence-electron chi connectivity index (χ0n) is 13.7. The van der Waals surface area contributed by atoms with E-state index in [2.05, 4.69) is 10.3 Å². The van der Waals surface area contributed by atoms with Gasteiger partial charge in [-0.1, -0.05) is 18.2 Å². The third kappa shape index (κ3) is 4.03. The minimum absolute atomic E-state index is 0.316. The normalized spacial score (nSPS) is 10.7. The molecule has 0 radical (unpaired) electrons. The van der Waals surface area contributed by atoms with Gasteiger partial charge in [0.05, 0.1) is 5.56 Å². The second kappa shape index (κ2) is 7.91. The summed E-state index contributed by atoms with van der Waals surface area (Å²) in [5, 5.41) is 11.3. The third-order valence-electron chi connectivity index (χ3n) is 3.61. The molecule has 3 N–H and O–H groups in total. The number of para-hydroxylation sites is 1. The highest BCUT2D eigenvalue weighted by Gasteiger charge is 2.09. The lowest BCUT2D eigenvalue weighted by molar-refractivity contribution is -0.124. The molecule has 7 nitrogen and oxygen atoms in total. The molecule has 0 aliphatic rings. The molecule has 1 aromatic carbocycles. The molecule has 0 spiro atoms. The van der Waals surface area contributed by atoms with Gasteiger partial charge in [-0.2, -0.15) is 0 Å². The van der Waals surface area contributed by atoms with Gasteiger partial charge in [0.25, 0.3) is 11.8 Å². The van der Waals surface area contributed by atoms with Crippen molar-refractivity contribution in [3.05, 3.63) is 84.3 Å². The van der Waals surface area contributed by atoms with Gasteiger partial charge in [0.1, 0.15) is 5.82 Å². The summed E-state index contributed by atoms with van der Waals surface area (Å²) in [6, 6.07) is 14.2. The van der Waals surface area contributed by atoms with E-state index in [4.69, 9.17) is 5.21 Å². The Morgan fingerprint density at radius 2 is 1.81 bits per heavy atom. The number of nitrogens with zero attached hydrogens (tertiary/aromatic N) is 2. The SMILES string of the molecule is O=C(C=Cc1ccccc1NC(=O)c1ccc(-n2cccc2)nc1)NO. The number of nitrogens with one attached hydrogen (secondary N) is 2. The summed E-state index contributed by atoms with van der Waals surface area (Å²) < 4.78 is 1.84. The van der Waals surface area contributed by atoms with Crippen LogP contribution in [0.1, 0.15) is 15.9 Å².